The van der Waals surface area contributed by atoms with Crippen molar-refractivity contribution < 1.29 is 4.79 Å². The van der Waals surface area contributed by atoms with E-state index in [4.69, 9.17) is 0 Å². The largest absolute Gasteiger partial charge is 0.352 e. The highest BCUT2D eigenvalue weighted by atomic mass is 16.2. The van der Waals surface area contributed by atoms with Crippen LogP contribution in [0.2, 0.25) is 0 Å². The van der Waals surface area contributed by atoms with Gasteiger partial charge in [-0.25, -0.2) is 0 Å². The van der Waals surface area contributed by atoms with Crippen molar-refractivity contribution >= 4 is 5.91 Å². The molecule has 1 saturated heterocycles. The minimum Gasteiger partial charge on any atom is -0.352 e. The molecule has 4 rings (SSSR count). The molecule has 3 heteroatoms. The SMILES string of the molecule is O=C(NC1C2C3CCC(C3)C12)[C@@H]1CCCNC1. The van der Waals surface area contributed by atoms with Crippen LogP contribution in [0, 0.1) is 29.6 Å². The second kappa shape index (κ2) is 3.71. The van der Waals surface area contributed by atoms with Gasteiger partial charge in [0, 0.05) is 12.6 Å². The van der Waals surface area contributed by atoms with Crippen molar-refractivity contribution in [3.8, 4) is 0 Å². The zero-order valence-corrected chi connectivity index (χ0v) is 10.3. The molecule has 0 aromatic carbocycles. The maximum atomic E-state index is 12.2. The lowest BCUT2D eigenvalue weighted by Crippen LogP contribution is -2.42. The summed E-state index contributed by atoms with van der Waals surface area (Å²) in [4.78, 5) is 12.2. The summed E-state index contributed by atoms with van der Waals surface area (Å²) in [6.45, 7) is 1.98. The first kappa shape index (κ1) is 10.4. The Morgan fingerprint density at radius 1 is 1.12 bits per heavy atom. The lowest BCUT2D eigenvalue weighted by atomic mass is 9.98. The van der Waals surface area contributed by atoms with Crippen molar-refractivity contribution in [2.45, 2.75) is 38.1 Å². The highest BCUT2D eigenvalue weighted by molar-refractivity contribution is 5.79. The third kappa shape index (κ3) is 1.55. The normalized spacial score (nSPS) is 51.1. The first-order valence-corrected chi connectivity index (χ1v) is 7.35. The first-order chi connectivity index (χ1) is 8.34. The molecule has 2 N–H and O–H groups in total. The number of carbonyl (C=O) groups is 1. The maximum absolute atomic E-state index is 12.2. The molecule has 4 fully saturated rings. The van der Waals surface area contributed by atoms with Crippen molar-refractivity contribution in [3.63, 3.8) is 0 Å². The smallest absolute Gasteiger partial charge is 0.224 e. The van der Waals surface area contributed by atoms with E-state index in [9.17, 15) is 4.79 Å². The number of hydrogen-bond acceptors (Lipinski definition) is 2. The van der Waals surface area contributed by atoms with E-state index in [0.29, 0.717) is 11.9 Å². The molecule has 2 bridgehead atoms. The molecule has 1 aliphatic heterocycles. The van der Waals surface area contributed by atoms with Crippen LogP contribution in [0.3, 0.4) is 0 Å². The number of hydrogen-bond donors (Lipinski definition) is 2. The Morgan fingerprint density at radius 2 is 1.88 bits per heavy atom. The van der Waals surface area contributed by atoms with Gasteiger partial charge in [0.25, 0.3) is 0 Å². The predicted molar refractivity (Wildman–Crippen MR) is 65.3 cm³/mol. The molecule has 3 nitrogen and oxygen atoms in total. The molecule has 0 spiro atoms. The van der Waals surface area contributed by atoms with Crippen LogP contribution >= 0.6 is 0 Å². The maximum Gasteiger partial charge on any atom is 0.224 e. The molecule has 3 aliphatic carbocycles. The van der Waals surface area contributed by atoms with E-state index in [0.717, 1.165) is 49.6 Å². The Hall–Kier alpha value is -0.570. The van der Waals surface area contributed by atoms with Crippen LogP contribution in [0.1, 0.15) is 32.1 Å². The van der Waals surface area contributed by atoms with Crippen LogP contribution in [-0.4, -0.2) is 25.0 Å². The topological polar surface area (TPSA) is 41.1 Å². The third-order valence-corrected chi connectivity index (χ3v) is 5.71. The van der Waals surface area contributed by atoms with Gasteiger partial charge in [-0.05, 0) is 62.3 Å². The third-order valence-electron chi connectivity index (χ3n) is 5.71. The van der Waals surface area contributed by atoms with Gasteiger partial charge in [-0.15, -0.1) is 0 Å². The predicted octanol–water partition coefficient (Wildman–Crippen LogP) is 1.15. The summed E-state index contributed by atoms with van der Waals surface area (Å²) >= 11 is 0. The molecule has 4 aliphatic rings. The zero-order chi connectivity index (χ0) is 11.4. The monoisotopic (exact) mass is 234 g/mol. The Bertz CT molecular complexity index is 321. The Labute approximate surface area is 103 Å². The first-order valence-electron chi connectivity index (χ1n) is 7.35. The van der Waals surface area contributed by atoms with Gasteiger partial charge < -0.3 is 10.6 Å². The summed E-state index contributed by atoms with van der Waals surface area (Å²) < 4.78 is 0. The van der Waals surface area contributed by atoms with Gasteiger partial charge in [-0.2, -0.15) is 0 Å². The minimum absolute atomic E-state index is 0.239. The lowest BCUT2D eigenvalue weighted by Gasteiger charge is -2.22. The molecule has 5 atom stereocenters. The van der Waals surface area contributed by atoms with Gasteiger partial charge in [0.15, 0.2) is 0 Å². The van der Waals surface area contributed by atoms with Gasteiger partial charge in [0.05, 0.1) is 5.92 Å². The summed E-state index contributed by atoms with van der Waals surface area (Å²) in [7, 11) is 0. The fourth-order valence-electron chi connectivity index (χ4n) is 4.88. The van der Waals surface area contributed by atoms with Gasteiger partial charge in [-0.3, -0.25) is 4.79 Å². The van der Waals surface area contributed by atoms with Crippen LogP contribution in [0.15, 0.2) is 0 Å². The Balaban J connectivity index is 1.35. The van der Waals surface area contributed by atoms with E-state index in [1.807, 2.05) is 0 Å². The van der Waals surface area contributed by atoms with Gasteiger partial charge in [0.1, 0.15) is 0 Å². The molecule has 1 amide bonds. The Morgan fingerprint density at radius 3 is 2.53 bits per heavy atom. The van der Waals surface area contributed by atoms with Crippen molar-refractivity contribution in [2.75, 3.05) is 13.1 Å². The molecule has 0 aromatic heterocycles. The van der Waals surface area contributed by atoms with Gasteiger partial charge in [0.2, 0.25) is 5.91 Å². The summed E-state index contributed by atoms with van der Waals surface area (Å²) in [5, 5.41) is 6.68. The number of carbonyl (C=O) groups excluding carboxylic acids is 1. The molecule has 4 unspecified atom stereocenters. The number of piperidine rings is 1. The average Bonchev–Trinajstić information content (AvgIpc) is 2.76. The molecule has 94 valence electrons. The number of amides is 1. The van der Waals surface area contributed by atoms with Gasteiger partial charge >= 0.3 is 0 Å². The minimum atomic E-state index is 0.239. The fourth-order valence-corrected chi connectivity index (χ4v) is 4.88. The van der Waals surface area contributed by atoms with Crippen LogP contribution in [0.5, 0.6) is 0 Å². The van der Waals surface area contributed by atoms with E-state index >= 15 is 0 Å². The zero-order valence-electron chi connectivity index (χ0n) is 10.3. The molecule has 0 radical (unpaired) electrons. The fraction of sp³-hybridized carbons (Fsp3) is 0.929. The van der Waals surface area contributed by atoms with Crippen LogP contribution < -0.4 is 10.6 Å². The number of rotatable bonds is 2. The van der Waals surface area contributed by atoms with E-state index in [-0.39, 0.29) is 5.92 Å². The highest BCUT2D eigenvalue weighted by Gasteiger charge is 2.65. The summed E-state index contributed by atoms with van der Waals surface area (Å²) in [6.07, 6.45) is 6.56. The second-order valence-corrected chi connectivity index (χ2v) is 6.57. The van der Waals surface area contributed by atoms with E-state index in [1.165, 1.54) is 19.3 Å². The molecule has 0 aromatic rings. The number of nitrogens with one attached hydrogen (secondary N) is 2. The van der Waals surface area contributed by atoms with Crippen molar-refractivity contribution in [1.82, 2.24) is 10.6 Å². The van der Waals surface area contributed by atoms with Gasteiger partial charge in [-0.1, -0.05) is 0 Å². The van der Waals surface area contributed by atoms with Crippen molar-refractivity contribution in [2.24, 2.45) is 29.6 Å². The Kier molecular flexibility index (Phi) is 2.26. The van der Waals surface area contributed by atoms with E-state index < -0.39 is 0 Å². The van der Waals surface area contributed by atoms with Crippen LogP contribution in [-0.2, 0) is 4.79 Å². The number of fused-ring (bicyclic) bond motifs is 5. The summed E-state index contributed by atoms with van der Waals surface area (Å²) in [5.74, 6) is 4.22. The molecule has 17 heavy (non-hydrogen) atoms. The van der Waals surface area contributed by atoms with Crippen molar-refractivity contribution in [3.05, 3.63) is 0 Å². The van der Waals surface area contributed by atoms with Crippen LogP contribution in [0.4, 0.5) is 0 Å². The molecule has 1 heterocycles. The van der Waals surface area contributed by atoms with Crippen molar-refractivity contribution in [1.29, 1.82) is 0 Å². The average molecular weight is 234 g/mol. The standard InChI is InChI=1S/C14H22N2O/c17-14(10-2-1-5-15-7-10)16-13-11-8-3-4-9(6-8)12(11)13/h8-13,15H,1-7H2,(H,16,17)/t8?,9?,10-,11?,12?,13?/m1/s1. The second-order valence-electron chi connectivity index (χ2n) is 6.57. The van der Waals surface area contributed by atoms with Crippen LogP contribution in [0.25, 0.3) is 0 Å². The molecular formula is C14H22N2O. The van der Waals surface area contributed by atoms with E-state index in [1.54, 1.807) is 0 Å². The summed E-state index contributed by atoms with van der Waals surface area (Å²) in [5.41, 5.74) is 0. The molecule has 3 saturated carbocycles. The van der Waals surface area contributed by atoms with E-state index in [2.05, 4.69) is 10.6 Å². The lowest BCUT2D eigenvalue weighted by molar-refractivity contribution is -0.125. The summed E-state index contributed by atoms with van der Waals surface area (Å²) in [6, 6.07) is 0.565. The highest BCUT2D eigenvalue weighted by Crippen LogP contribution is 2.65. The quantitative estimate of drug-likeness (QED) is 0.752. The molecular weight excluding hydrogens is 212 g/mol.